The van der Waals surface area contributed by atoms with Gasteiger partial charge in [0.2, 0.25) is 0 Å². The van der Waals surface area contributed by atoms with Gasteiger partial charge in [0.05, 0.1) is 22.6 Å². The molecule has 23 heavy (non-hydrogen) atoms. The number of phenols is 1. The molecule has 1 aromatic carbocycles. The number of phenolic OH excluding ortho intramolecular Hbond substituents is 1. The van der Waals surface area contributed by atoms with Crippen LogP contribution < -0.4 is 0 Å². The number of non-ortho nitro benzene ring substituents is 1. The smallest absolute Gasteiger partial charge is 0.273 e. The number of nitrogens with zero attached hydrogens (tertiary/aromatic N) is 4. The Morgan fingerprint density at radius 3 is 2.91 bits per heavy atom. The average molecular weight is 316 g/mol. The lowest BCUT2D eigenvalue weighted by molar-refractivity contribution is -0.384. The van der Waals surface area contributed by atoms with Gasteiger partial charge in [-0.15, -0.1) is 0 Å². The van der Waals surface area contributed by atoms with Crippen LogP contribution in [0, 0.1) is 10.1 Å². The molecule has 0 unspecified atom stereocenters. The molecule has 1 aromatic heterocycles. The second-order valence-electron chi connectivity index (χ2n) is 5.49. The Hall–Kier alpha value is -2.90. The van der Waals surface area contributed by atoms with Gasteiger partial charge in [0.25, 0.3) is 11.6 Å². The van der Waals surface area contributed by atoms with Crippen molar-refractivity contribution >= 4 is 11.6 Å². The molecule has 3 rings (SSSR count). The van der Waals surface area contributed by atoms with Crippen molar-refractivity contribution in [1.29, 1.82) is 0 Å². The summed E-state index contributed by atoms with van der Waals surface area (Å²) in [6.07, 6.45) is 5.33. The summed E-state index contributed by atoms with van der Waals surface area (Å²) in [5.74, 6) is -0.695. The number of nitro benzene ring substituents is 1. The van der Waals surface area contributed by atoms with Crippen molar-refractivity contribution in [2.45, 2.75) is 18.9 Å². The molecule has 0 saturated carbocycles. The Balaban J connectivity index is 1.78. The van der Waals surface area contributed by atoms with Crippen LogP contribution in [0.3, 0.4) is 0 Å². The molecule has 0 spiro atoms. The molecule has 8 nitrogen and oxygen atoms in total. The van der Waals surface area contributed by atoms with E-state index in [2.05, 4.69) is 5.10 Å². The molecule has 2 heterocycles. The number of aromatic nitrogens is 2. The lowest BCUT2D eigenvalue weighted by atomic mass is 10.0. The molecule has 1 aliphatic heterocycles. The summed E-state index contributed by atoms with van der Waals surface area (Å²) in [6, 6.07) is 5.46. The maximum absolute atomic E-state index is 12.6. The Labute approximate surface area is 132 Å². The van der Waals surface area contributed by atoms with Crippen LogP contribution in [0.4, 0.5) is 5.69 Å². The zero-order valence-electron chi connectivity index (χ0n) is 12.3. The van der Waals surface area contributed by atoms with Gasteiger partial charge in [-0.2, -0.15) is 5.10 Å². The number of benzene rings is 1. The third kappa shape index (κ3) is 3.01. The minimum absolute atomic E-state index is 0.0803. The van der Waals surface area contributed by atoms with E-state index >= 15 is 0 Å². The third-order valence-corrected chi connectivity index (χ3v) is 4.01. The van der Waals surface area contributed by atoms with E-state index in [-0.39, 0.29) is 28.9 Å². The first kappa shape index (κ1) is 15.0. The quantitative estimate of drug-likeness (QED) is 0.689. The molecule has 8 heteroatoms. The number of hydrogen-bond donors (Lipinski definition) is 1. The first-order chi connectivity index (χ1) is 11.1. The van der Waals surface area contributed by atoms with Crippen LogP contribution in [0.1, 0.15) is 29.2 Å². The highest BCUT2D eigenvalue weighted by atomic mass is 16.6. The van der Waals surface area contributed by atoms with Crippen molar-refractivity contribution in [3.05, 3.63) is 52.3 Å². The second kappa shape index (κ2) is 6.07. The summed E-state index contributed by atoms with van der Waals surface area (Å²) >= 11 is 0. The van der Waals surface area contributed by atoms with Crippen molar-refractivity contribution < 1.29 is 14.8 Å². The number of likely N-dealkylation sites (tertiary alicyclic amines) is 1. The van der Waals surface area contributed by atoms with E-state index in [0.29, 0.717) is 13.1 Å². The molecule has 0 aliphatic carbocycles. The third-order valence-electron chi connectivity index (χ3n) is 4.01. The van der Waals surface area contributed by atoms with Gasteiger partial charge in [-0.3, -0.25) is 19.6 Å². The fourth-order valence-corrected chi connectivity index (χ4v) is 2.84. The monoisotopic (exact) mass is 316 g/mol. The number of nitro groups is 1. The van der Waals surface area contributed by atoms with Crippen LogP contribution in [0.5, 0.6) is 5.75 Å². The summed E-state index contributed by atoms with van der Waals surface area (Å²) in [7, 11) is 0. The standard InChI is InChI=1S/C15H16N4O4/c20-14-9-11(19(22)23)4-5-13(14)15(21)17-7-1-3-12(10-17)18-8-2-6-16-18/h2,4-6,8-9,12,20H,1,3,7,10H2/t12-/m0/s1. The molecule has 1 aliphatic rings. The van der Waals surface area contributed by atoms with Gasteiger partial charge < -0.3 is 10.0 Å². The molecule has 1 atom stereocenters. The minimum atomic E-state index is -0.609. The van der Waals surface area contributed by atoms with Crippen molar-refractivity contribution in [3.63, 3.8) is 0 Å². The van der Waals surface area contributed by atoms with Crippen molar-refractivity contribution in [3.8, 4) is 5.75 Å². The number of piperidine rings is 1. The molecule has 0 radical (unpaired) electrons. The highest BCUT2D eigenvalue weighted by Crippen LogP contribution is 2.27. The molecular weight excluding hydrogens is 300 g/mol. The first-order valence-corrected chi connectivity index (χ1v) is 7.32. The Morgan fingerprint density at radius 2 is 2.26 bits per heavy atom. The van der Waals surface area contributed by atoms with Gasteiger partial charge in [-0.1, -0.05) is 0 Å². The Bertz CT molecular complexity index is 729. The lowest BCUT2D eigenvalue weighted by Crippen LogP contribution is -2.40. The highest BCUT2D eigenvalue weighted by Gasteiger charge is 2.27. The molecule has 1 N–H and O–H groups in total. The van der Waals surface area contributed by atoms with Gasteiger partial charge in [0, 0.05) is 31.5 Å². The number of carbonyl (C=O) groups excluding carboxylic acids is 1. The number of aromatic hydroxyl groups is 1. The topological polar surface area (TPSA) is 101 Å². The van der Waals surface area contributed by atoms with Gasteiger partial charge in [0.15, 0.2) is 0 Å². The number of amides is 1. The summed E-state index contributed by atoms with van der Waals surface area (Å²) in [4.78, 5) is 24.3. The molecule has 2 aromatic rings. The van der Waals surface area contributed by atoms with Gasteiger partial charge in [-0.25, -0.2) is 0 Å². The minimum Gasteiger partial charge on any atom is -0.507 e. The number of hydrogen-bond acceptors (Lipinski definition) is 5. The van der Waals surface area contributed by atoms with Gasteiger partial charge >= 0.3 is 0 Å². The first-order valence-electron chi connectivity index (χ1n) is 7.32. The van der Waals surface area contributed by atoms with Crippen LogP contribution in [0.2, 0.25) is 0 Å². The lowest BCUT2D eigenvalue weighted by Gasteiger charge is -2.33. The predicted octanol–water partition coefficient (Wildman–Crippen LogP) is 1.97. The Kier molecular flexibility index (Phi) is 3.96. The SMILES string of the molecule is O=C(c1ccc([N+](=O)[O-])cc1O)N1CCC[C@H](n2cccn2)C1. The van der Waals surface area contributed by atoms with E-state index in [9.17, 15) is 20.0 Å². The van der Waals surface area contributed by atoms with E-state index in [1.165, 1.54) is 12.1 Å². The summed E-state index contributed by atoms with van der Waals surface area (Å²) < 4.78 is 1.83. The Morgan fingerprint density at radius 1 is 1.43 bits per heavy atom. The normalized spacial score (nSPS) is 17.9. The largest absolute Gasteiger partial charge is 0.507 e. The van der Waals surface area contributed by atoms with Crippen molar-refractivity contribution in [2.75, 3.05) is 13.1 Å². The molecular formula is C15H16N4O4. The van der Waals surface area contributed by atoms with E-state index < -0.39 is 4.92 Å². The van der Waals surface area contributed by atoms with Crippen LogP contribution in [0.15, 0.2) is 36.7 Å². The van der Waals surface area contributed by atoms with Crippen LogP contribution in [0.25, 0.3) is 0 Å². The predicted molar refractivity (Wildman–Crippen MR) is 81.2 cm³/mol. The maximum atomic E-state index is 12.6. The van der Waals surface area contributed by atoms with E-state index in [1.807, 2.05) is 16.9 Å². The summed E-state index contributed by atoms with van der Waals surface area (Å²) in [5.41, 5.74) is -0.163. The van der Waals surface area contributed by atoms with E-state index in [1.54, 1.807) is 11.1 Å². The molecule has 1 fully saturated rings. The van der Waals surface area contributed by atoms with Gasteiger partial charge in [-0.05, 0) is 25.0 Å². The fourth-order valence-electron chi connectivity index (χ4n) is 2.84. The summed E-state index contributed by atoms with van der Waals surface area (Å²) in [5, 5.41) is 24.8. The van der Waals surface area contributed by atoms with E-state index in [4.69, 9.17) is 0 Å². The fraction of sp³-hybridized carbons (Fsp3) is 0.333. The molecule has 1 amide bonds. The number of carbonyl (C=O) groups is 1. The maximum Gasteiger partial charge on any atom is 0.273 e. The van der Waals surface area contributed by atoms with Gasteiger partial charge in [0.1, 0.15) is 5.75 Å². The second-order valence-corrected chi connectivity index (χ2v) is 5.49. The van der Waals surface area contributed by atoms with Crippen molar-refractivity contribution in [1.82, 2.24) is 14.7 Å². The molecule has 0 bridgehead atoms. The number of rotatable bonds is 3. The zero-order valence-corrected chi connectivity index (χ0v) is 12.3. The average Bonchev–Trinajstić information content (AvgIpc) is 3.08. The molecule has 1 saturated heterocycles. The van der Waals surface area contributed by atoms with Crippen LogP contribution >= 0.6 is 0 Å². The van der Waals surface area contributed by atoms with E-state index in [0.717, 1.165) is 18.9 Å². The zero-order chi connectivity index (χ0) is 16.4. The molecule has 120 valence electrons. The summed E-state index contributed by atoms with van der Waals surface area (Å²) in [6.45, 7) is 1.09. The highest BCUT2D eigenvalue weighted by molar-refractivity contribution is 5.97. The van der Waals surface area contributed by atoms with Crippen LogP contribution in [-0.2, 0) is 0 Å². The van der Waals surface area contributed by atoms with Crippen molar-refractivity contribution in [2.24, 2.45) is 0 Å². The van der Waals surface area contributed by atoms with Crippen LogP contribution in [-0.4, -0.2) is 43.7 Å².